The van der Waals surface area contributed by atoms with Gasteiger partial charge in [0.25, 0.3) is 10.0 Å². The molecular formula is C12H12BrNO5S. The molecular weight excluding hydrogens is 350 g/mol. The lowest BCUT2D eigenvalue weighted by Crippen LogP contribution is -2.13. The number of ether oxygens (including phenoxy) is 1. The number of aliphatic hydroxyl groups excluding tert-OH is 1. The summed E-state index contributed by atoms with van der Waals surface area (Å²) in [6.45, 7) is -0.386. The van der Waals surface area contributed by atoms with E-state index >= 15 is 0 Å². The molecule has 0 aliphatic heterocycles. The standard InChI is InChI=1S/C12H12BrNO5S/c1-18-10-5-3-2-4-9(10)14-20(16,17)11-6-8(7-15)19-12(11)13/h2-6,14-15H,7H2,1H3. The zero-order chi connectivity index (χ0) is 14.8. The first-order chi connectivity index (χ1) is 9.47. The summed E-state index contributed by atoms with van der Waals surface area (Å²) in [4.78, 5) is -0.0903. The molecule has 2 aromatic rings. The fraction of sp³-hybridized carbons (Fsp3) is 0.167. The van der Waals surface area contributed by atoms with Crippen molar-refractivity contribution < 1.29 is 22.7 Å². The van der Waals surface area contributed by atoms with Crippen LogP contribution in [0.2, 0.25) is 0 Å². The van der Waals surface area contributed by atoms with Gasteiger partial charge in [-0.3, -0.25) is 4.72 Å². The highest BCUT2D eigenvalue weighted by atomic mass is 79.9. The van der Waals surface area contributed by atoms with E-state index in [0.29, 0.717) is 11.4 Å². The number of hydrogen-bond acceptors (Lipinski definition) is 5. The van der Waals surface area contributed by atoms with E-state index in [9.17, 15) is 8.42 Å². The number of benzene rings is 1. The van der Waals surface area contributed by atoms with E-state index < -0.39 is 10.0 Å². The van der Waals surface area contributed by atoms with E-state index in [1.54, 1.807) is 24.3 Å². The first-order valence-corrected chi connectivity index (χ1v) is 7.80. The molecule has 0 amide bonds. The maximum Gasteiger partial charge on any atom is 0.266 e. The van der Waals surface area contributed by atoms with Crippen molar-refractivity contribution in [2.24, 2.45) is 0 Å². The van der Waals surface area contributed by atoms with Crippen LogP contribution in [0.3, 0.4) is 0 Å². The fourth-order valence-electron chi connectivity index (χ4n) is 1.59. The summed E-state index contributed by atoms with van der Waals surface area (Å²) in [6.07, 6.45) is 0. The number of sulfonamides is 1. The number of para-hydroxylation sites is 2. The molecule has 1 aromatic heterocycles. The van der Waals surface area contributed by atoms with Gasteiger partial charge in [-0.05, 0) is 28.1 Å². The van der Waals surface area contributed by atoms with E-state index in [0.717, 1.165) is 0 Å². The molecule has 0 saturated heterocycles. The van der Waals surface area contributed by atoms with Gasteiger partial charge in [-0.1, -0.05) is 12.1 Å². The predicted octanol–water partition coefficient (Wildman–Crippen LogP) is 2.34. The van der Waals surface area contributed by atoms with Gasteiger partial charge in [-0.15, -0.1) is 0 Å². The molecule has 0 fully saturated rings. The first kappa shape index (κ1) is 14.9. The number of halogens is 1. The van der Waals surface area contributed by atoms with E-state index in [-0.39, 0.29) is 21.9 Å². The Morgan fingerprint density at radius 3 is 2.70 bits per heavy atom. The Morgan fingerprint density at radius 1 is 1.40 bits per heavy atom. The molecule has 0 spiro atoms. The van der Waals surface area contributed by atoms with Gasteiger partial charge >= 0.3 is 0 Å². The number of furan rings is 1. The van der Waals surface area contributed by atoms with Crippen LogP contribution in [0.25, 0.3) is 0 Å². The Hall–Kier alpha value is -1.51. The van der Waals surface area contributed by atoms with E-state index in [1.165, 1.54) is 13.2 Å². The first-order valence-electron chi connectivity index (χ1n) is 5.53. The third-order valence-corrected chi connectivity index (χ3v) is 4.73. The maximum atomic E-state index is 12.3. The normalized spacial score (nSPS) is 11.3. The van der Waals surface area contributed by atoms with Crippen molar-refractivity contribution in [2.45, 2.75) is 11.5 Å². The zero-order valence-corrected chi connectivity index (χ0v) is 12.9. The van der Waals surface area contributed by atoms with Crippen molar-refractivity contribution in [3.63, 3.8) is 0 Å². The van der Waals surface area contributed by atoms with Crippen LogP contribution in [0.5, 0.6) is 5.75 Å². The van der Waals surface area contributed by atoms with Gasteiger partial charge < -0.3 is 14.3 Å². The summed E-state index contributed by atoms with van der Waals surface area (Å²) < 4.78 is 37.1. The Kier molecular flexibility index (Phi) is 4.36. The molecule has 0 bridgehead atoms. The Balaban J connectivity index is 2.38. The van der Waals surface area contributed by atoms with Crippen molar-refractivity contribution >= 4 is 31.6 Å². The Labute approximate surface area is 124 Å². The molecule has 0 aliphatic rings. The second kappa shape index (κ2) is 5.86. The highest BCUT2D eigenvalue weighted by Gasteiger charge is 2.23. The van der Waals surface area contributed by atoms with Gasteiger partial charge in [-0.25, -0.2) is 8.42 Å². The molecule has 2 rings (SSSR count). The van der Waals surface area contributed by atoms with Crippen molar-refractivity contribution in [3.8, 4) is 5.75 Å². The monoisotopic (exact) mass is 361 g/mol. The summed E-state index contributed by atoms with van der Waals surface area (Å²) in [5.74, 6) is 0.551. The topological polar surface area (TPSA) is 88.8 Å². The van der Waals surface area contributed by atoms with E-state index in [1.807, 2.05) is 0 Å². The molecule has 20 heavy (non-hydrogen) atoms. The molecule has 8 heteroatoms. The largest absolute Gasteiger partial charge is 0.495 e. The maximum absolute atomic E-state index is 12.3. The van der Waals surface area contributed by atoms with Crippen LogP contribution in [0.1, 0.15) is 5.76 Å². The fourth-order valence-corrected chi connectivity index (χ4v) is 3.66. The van der Waals surface area contributed by atoms with Gasteiger partial charge in [0.2, 0.25) is 0 Å². The summed E-state index contributed by atoms with van der Waals surface area (Å²) in [7, 11) is -2.40. The average Bonchev–Trinajstić information content (AvgIpc) is 2.81. The number of anilines is 1. The van der Waals surface area contributed by atoms with Crippen molar-refractivity contribution in [2.75, 3.05) is 11.8 Å². The van der Waals surface area contributed by atoms with E-state index in [4.69, 9.17) is 14.3 Å². The number of aliphatic hydroxyl groups is 1. The molecule has 6 nitrogen and oxygen atoms in total. The van der Waals surface area contributed by atoms with Gasteiger partial charge in [0.15, 0.2) is 4.67 Å². The summed E-state index contributed by atoms with van der Waals surface area (Å²) >= 11 is 3.01. The van der Waals surface area contributed by atoms with Gasteiger partial charge in [0.05, 0.1) is 12.8 Å². The molecule has 1 heterocycles. The minimum atomic E-state index is -3.85. The lowest BCUT2D eigenvalue weighted by atomic mass is 10.3. The van der Waals surface area contributed by atoms with Crippen LogP contribution in [-0.4, -0.2) is 20.6 Å². The van der Waals surface area contributed by atoms with Gasteiger partial charge in [0.1, 0.15) is 23.0 Å². The van der Waals surface area contributed by atoms with Crippen molar-refractivity contribution in [1.82, 2.24) is 0 Å². The SMILES string of the molecule is COc1ccccc1NS(=O)(=O)c1cc(CO)oc1Br. The zero-order valence-electron chi connectivity index (χ0n) is 10.5. The summed E-state index contributed by atoms with van der Waals surface area (Å²) in [6, 6.07) is 7.89. The minimum Gasteiger partial charge on any atom is -0.495 e. The molecule has 0 unspecified atom stereocenters. The van der Waals surface area contributed by atoms with E-state index in [2.05, 4.69) is 20.7 Å². The Bertz CT molecular complexity index is 710. The second-order valence-corrected chi connectivity index (χ2v) is 6.19. The number of hydrogen-bond donors (Lipinski definition) is 2. The second-order valence-electron chi connectivity index (χ2n) is 3.81. The van der Waals surface area contributed by atoms with Crippen molar-refractivity contribution in [3.05, 3.63) is 40.8 Å². The molecule has 2 N–H and O–H groups in total. The van der Waals surface area contributed by atoms with Gasteiger partial charge in [0, 0.05) is 6.07 Å². The van der Waals surface area contributed by atoms with Crippen LogP contribution in [-0.2, 0) is 16.6 Å². The quantitative estimate of drug-likeness (QED) is 0.852. The number of methoxy groups -OCH3 is 1. The lowest BCUT2D eigenvalue weighted by Gasteiger charge is -2.10. The molecule has 108 valence electrons. The molecule has 0 radical (unpaired) electrons. The van der Waals surface area contributed by atoms with Crippen LogP contribution in [0.15, 0.2) is 44.3 Å². The third-order valence-electron chi connectivity index (χ3n) is 2.50. The highest BCUT2D eigenvalue weighted by Crippen LogP contribution is 2.30. The third kappa shape index (κ3) is 2.97. The summed E-state index contributed by atoms with van der Waals surface area (Å²) in [5.41, 5.74) is 0.314. The molecule has 0 saturated carbocycles. The smallest absolute Gasteiger partial charge is 0.266 e. The number of nitrogens with one attached hydrogen (secondary N) is 1. The van der Waals surface area contributed by atoms with Crippen LogP contribution in [0, 0.1) is 0 Å². The van der Waals surface area contributed by atoms with Crippen LogP contribution < -0.4 is 9.46 Å². The molecule has 0 atom stereocenters. The lowest BCUT2D eigenvalue weighted by molar-refractivity contribution is 0.245. The predicted molar refractivity (Wildman–Crippen MR) is 76.1 cm³/mol. The van der Waals surface area contributed by atoms with Crippen molar-refractivity contribution in [1.29, 1.82) is 0 Å². The van der Waals surface area contributed by atoms with Crippen LogP contribution >= 0.6 is 15.9 Å². The highest BCUT2D eigenvalue weighted by molar-refractivity contribution is 9.10. The minimum absolute atomic E-state index is 0.0314. The van der Waals surface area contributed by atoms with Gasteiger partial charge in [-0.2, -0.15) is 0 Å². The average molecular weight is 362 g/mol. The molecule has 0 aliphatic carbocycles. The Morgan fingerprint density at radius 2 is 2.10 bits per heavy atom. The summed E-state index contributed by atoms with van der Waals surface area (Å²) in [5, 5.41) is 8.96. The molecule has 1 aromatic carbocycles. The number of rotatable bonds is 5. The van der Waals surface area contributed by atoms with Crippen LogP contribution in [0.4, 0.5) is 5.69 Å².